The average Bonchev–Trinajstić information content (AvgIpc) is 2.23. The van der Waals surface area contributed by atoms with E-state index in [1.165, 1.54) is 6.07 Å². The predicted molar refractivity (Wildman–Crippen MR) is 57.4 cm³/mol. The third kappa shape index (κ3) is 3.77. The number of hydrogen-bond donors (Lipinski definition) is 1. The van der Waals surface area contributed by atoms with E-state index in [1.54, 1.807) is 0 Å². The summed E-state index contributed by atoms with van der Waals surface area (Å²) in [5, 5.41) is 8.39. The second kappa shape index (κ2) is 5.72. The largest absolute Gasteiger partial charge is 0.478 e. The number of benzene rings is 1. The van der Waals surface area contributed by atoms with Gasteiger partial charge >= 0.3 is 12.6 Å². The van der Waals surface area contributed by atoms with Gasteiger partial charge in [0.2, 0.25) is 0 Å². The monoisotopic (exact) mass is 310 g/mol. The van der Waals surface area contributed by atoms with Gasteiger partial charge in [-0.05, 0) is 39.7 Å². The highest BCUT2D eigenvalue weighted by Crippen LogP contribution is 2.30. The topological polar surface area (TPSA) is 46.5 Å². The lowest BCUT2D eigenvalue weighted by molar-refractivity contribution is -0.131. The predicted octanol–water partition coefficient (Wildman–Crippen LogP) is 3.29. The van der Waals surface area contributed by atoms with Crippen LogP contribution in [0.4, 0.5) is 13.2 Å². The molecule has 92 valence electrons. The molecule has 0 spiro atoms. The first-order valence-electron chi connectivity index (χ1n) is 4.25. The van der Waals surface area contributed by atoms with Crippen molar-refractivity contribution in [1.82, 2.24) is 0 Å². The van der Waals surface area contributed by atoms with E-state index in [1.807, 2.05) is 0 Å². The van der Waals surface area contributed by atoms with E-state index in [0.717, 1.165) is 18.2 Å². The Morgan fingerprint density at radius 1 is 1.47 bits per heavy atom. The van der Waals surface area contributed by atoms with Gasteiger partial charge in [-0.3, -0.25) is 0 Å². The first kappa shape index (κ1) is 13.6. The lowest BCUT2D eigenvalue weighted by Gasteiger charge is -2.08. The number of carboxylic acids is 1. The summed E-state index contributed by atoms with van der Waals surface area (Å²) in [5.74, 6) is -2.83. The van der Waals surface area contributed by atoms with Gasteiger partial charge in [-0.25, -0.2) is 9.18 Å². The van der Waals surface area contributed by atoms with Gasteiger partial charge in [-0.2, -0.15) is 8.78 Å². The van der Waals surface area contributed by atoms with E-state index < -0.39 is 24.1 Å². The standard InChI is InChI=1S/C10H6BrF3O3/c11-8-5(2-4-7(15)16)1-3-6(9(8)12)17-10(13)14/h1-4,10H,(H,15,16)/b4-2+. The lowest BCUT2D eigenvalue weighted by atomic mass is 10.2. The molecular formula is C10H6BrF3O3. The highest BCUT2D eigenvalue weighted by Gasteiger charge is 2.14. The maximum Gasteiger partial charge on any atom is 0.387 e. The van der Waals surface area contributed by atoms with Gasteiger partial charge in [-0.15, -0.1) is 0 Å². The molecule has 0 heterocycles. The molecule has 1 aromatic rings. The molecular weight excluding hydrogens is 305 g/mol. The Morgan fingerprint density at radius 2 is 2.12 bits per heavy atom. The van der Waals surface area contributed by atoms with E-state index in [0.29, 0.717) is 0 Å². The SMILES string of the molecule is O=C(O)/C=C/c1ccc(OC(F)F)c(F)c1Br. The van der Waals surface area contributed by atoms with Crippen molar-refractivity contribution in [2.45, 2.75) is 6.61 Å². The van der Waals surface area contributed by atoms with Crippen LogP contribution >= 0.6 is 15.9 Å². The van der Waals surface area contributed by atoms with Crippen molar-refractivity contribution in [3.8, 4) is 5.75 Å². The molecule has 7 heteroatoms. The van der Waals surface area contributed by atoms with Gasteiger partial charge in [0, 0.05) is 6.08 Å². The molecule has 17 heavy (non-hydrogen) atoms. The number of carboxylic acid groups (broad SMARTS) is 1. The zero-order valence-electron chi connectivity index (χ0n) is 8.16. The summed E-state index contributed by atoms with van der Waals surface area (Å²) in [6, 6.07) is 2.25. The maximum absolute atomic E-state index is 13.5. The van der Waals surface area contributed by atoms with Crippen LogP contribution in [0.5, 0.6) is 5.75 Å². The van der Waals surface area contributed by atoms with Crippen molar-refractivity contribution >= 4 is 28.0 Å². The van der Waals surface area contributed by atoms with Gasteiger partial charge in [0.05, 0.1) is 4.47 Å². The third-order valence-corrected chi connectivity index (χ3v) is 2.50. The molecule has 0 aliphatic rings. The summed E-state index contributed by atoms with van der Waals surface area (Å²) in [6.07, 6.45) is 1.93. The first-order chi connectivity index (χ1) is 7.91. The fourth-order valence-electron chi connectivity index (χ4n) is 1.02. The third-order valence-electron chi connectivity index (χ3n) is 1.70. The maximum atomic E-state index is 13.5. The summed E-state index contributed by atoms with van der Waals surface area (Å²) in [4.78, 5) is 10.3. The second-order valence-electron chi connectivity index (χ2n) is 2.83. The van der Waals surface area contributed by atoms with Crippen LogP contribution < -0.4 is 4.74 Å². The smallest absolute Gasteiger partial charge is 0.387 e. The van der Waals surface area contributed by atoms with E-state index in [-0.39, 0.29) is 10.0 Å². The van der Waals surface area contributed by atoms with Gasteiger partial charge in [0.1, 0.15) is 0 Å². The molecule has 0 aliphatic heterocycles. The second-order valence-corrected chi connectivity index (χ2v) is 3.62. The molecule has 0 bridgehead atoms. The Balaban J connectivity index is 3.06. The highest BCUT2D eigenvalue weighted by atomic mass is 79.9. The molecule has 1 N–H and O–H groups in total. The number of halogens is 4. The highest BCUT2D eigenvalue weighted by molar-refractivity contribution is 9.10. The van der Waals surface area contributed by atoms with Crippen LogP contribution in [-0.2, 0) is 4.79 Å². The van der Waals surface area contributed by atoms with Crippen molar-refractivity contribution in [1.29, 1.82) is 0 Å². The number of rotatable bonds is 4. The van der Waals surface area contributed by atoms with Crippen LogP contribution in [-0.4, -0.2) is 17.7 Å². The summed E-state index contributed by atoms with van der Waals surface area (Å²) in [7, 11) is 0. The zero-order valence-corrected chi connectivity index (χ0v) is 9.75. The zero-order chi connectivity index (χ0) is 13.0. The Kier molecular flexibility index (Phi) is 4.56. The summed E-state index contributed by atoms with van der Waals surface area (Å²) in [5.41, 5.74) is 0.200. The van der Waals surface area contributed by atoms with Gasteiger partial charge < -0.3 is 9.84 Å². The quantitative estimate of drug-likeness (QED) is 0.868. The van der Waals surface area contributed by atoms with Crippen molar-refractivity contribution < 1.29 is 27.8 Å². The van der Waals surface area contributed by atoms with E-state index in [9.17, 15) is 18.0 Å². The molecule has 1 rings (SSSR count). The fourth-order valence-corrected chi connectivity index (χ4v) is 1.48. The molecule has 0 fully saturated rings. The van der Waals surface area contributed by atoms with Crippen LogP contribution in [0.1, 0.15) is 5.56 Å². The number of alkyl halides is 2. The van der Waals surface area contributed by atoms with Crippen LogP contribution in [0.3, 0.4) is 0 Å². The van der Waals surface area contributed by atoms with Crippen LogP contribution in [0.15, 0.2) is 22.7 Å². The Hall–Kier alpha value is -1.50. The molecule has 1 aromatic carbocycles. The minimum atomic E-state index is -3.13. The van der Waals surface area contributed by atoms with Crippen LogP contribution in [0, 0.1) is 5.82 Å². The van der Waals surface area contributed by atoms with Crippen LogP contribution in [0.25, 0.3) is 6.08 Å². The fraction of sp³-hybridized carbons (Fsp3) is 0.100. The number of hydrogen-bond acceptors (Lipinski definition) is 2. The van der Waals surface area contributed by atoms with E-state index in [4.69, 9.17) is 5.11 Å². The average molecular weight is 311 g/mol. The molecule has 0 saturated heterocycles. The number of carbonyl (C=O) groups is 1. The minimum absolute atomic E-state index is 0.145. The van der Waals surface area contributed by atoms with Gasteiger partial charge in [0.25, 0.3) is 0 Å². The van der Waals surface area contributed by atoms with E-state index in [2.05, 4.69) is 20.7 Å². The summed E-state index contributed by atoms with van der Waals surface area (Å²) < 4.78 is 41.0. The molecule has 0 saturated carbocycles. The van der Waals surface area contributed by atoms with Gasteiger partial charge in [-0.1, -0.05) is 0 Å². The van der Waals surface area contributed by atoms with E-state index >= 15 is 0 Å². The summed E-state index contributed by atoms with van der Waals surface area (Å²) in [6.45, 7) is -3.13. The van der Waals surface area contributed by atoms with Crippen molar-refractivity contribution in [3.63, 3.8) is 0 Å². The first-order valence-corrected chi connectivity index (χ1v) is 5.05. The molecule has 0 atom stereocenters. The molecule has 0 aliphatic carbocycles. The Bertz CT molecular complexity index is 460. The van der Waals surface area contributed by atoms with Crippen molar-refractivity contribution in [2.75, 3.05) is 0 Å². The molecule has 0 radical (unpaired) electrons. The van der Waals surface area contributed by atoms with Gasteiger partial charge in [0.15, 0.2) is 11.6 Å². The summed E-state index contributed by atoms with van der Waals surface area (Å²) >= 11 is 2.83. The Morgan fingerprint density at radius 3 is 2.65 bits per heavy atom. The number of aliphatic carboxylic acids is 1. The molecule has 0 unspecified atom stereocenters. The Labute approximate surface area is 103 Å². The van der Waals surface area contributed by atoms with Crippen molar-refractivity contribution in [2.24, 2.45) is 0 Å². The van der Waals surface area contributed by atoms with Crippen molar-refractivity contribution in [3.05, 3.63) is 34.1 Å². The molecule has 0 aromatic heterocycles. The number of ether oxygens (including phenoxy) is 1. The van der Waals surface area contributed by atoms with Crippen LogP contribution in [0.2, 0.25) is 0 Å². The molecule has 0 amide bonds. The lowest BCUT2D eigenvalue weighted by Crippen LogP contribution is -2.04. The molecule has 3 nitrogen and oxygen atoms in total. The normalized spacial score (nSPS) is 11.1. The minimum Gasteiger partial charge on any atom is -0.478 e.